The predicted octanol–water partition coefficient (Wildman–Crippen LogP) is 2.52. The summed E-state index contributed by atoms with van der Waals surface area (Å²) >= 11 is 1.21. The molecular formula is C9H8F2N2OS. The van der Waals surface area contributed by atoms with Gasteiger partial charge in [-0.3, -0.25) is 0 Å². The molecular weight excluding hydrogens is 222 g/mol. The highest BCUT2D eigenvalue weighted by Crippen LogP contribution is 2.29. The summed E-state index contributed by atoms with van der Waals surface area (Å²) < 4.78 is 29.4. The molecule has 0 aliphatic carbocycles. The van der Waals surface area contributed by atoms with Crippen molar-refractivity contribution in [3.8, 4) is 5.19 Å². The molecule has 0 unspecified atom stereocenters. The van der Waals surface area contributed by atoms with Gasteiger partial charge in [0.2, 0.25) is 0 Å². The Balaban J connectivity index is 2.23. The van der Waals surface area contributed by atoms with Gasteiger partial charge in [-0.25, -0.2) is 13.8 Å². The molecule has 0 aliphatic heterocycles. The van der Waals surface area contributed by atoms with Gasteiger partial charge < -0.3 is 10.5 Å². The monoisotopic (exact) mass is 230 g/mol. The van der Waals surface area contributed by atoms with Gasteiger partial charge in [0.1, 0.15) is 0 Å². The van der Waals surface area contributed by atoms with Crippen molar-refractivity contribution in [2.75, 3.05) is 12.3 Å². The lowest BCUT2D eigenvalue weighted by Crippen LogP contribution is -2.06. The van der Waals surface area contributed by atoms with Gasteiger partial charge in [0.15, 0.2) is 6.61 Å². The van der Waals surface area contributed by atoms with Crippen LogP contribution in [0, 0.1) is 0 Å². The van der Waals surface area contributed by atoms with Crippen LogP contribution in [-0.2, 0) is 0 Å². The number of hydrogen-bond acceptors (Lipinski definition) is 4. The lowest BCUT2D eigenvalue weighted by Gasteiger charge is -1.98. The Hall–Kier alpha value is -1.43. The van der Waals surface area contributed by atoms with E-state index >= 15 is 0 Å². The van der Waals surface area contributed by atoms with Crippen molar-refractivity contribution in [3.05, 3.63) is 18.2 Å². The van der Waals surface area contributed by atoms with Crippen LogP contribution in [0.4, 0.5) is 14.5 Å². The number of nitrogen functional groups attached to an aromatic ring is 1. The number of hydrogen-bond donors (Lipinski definition) is 1. The van der Waals surface area contributed by atoms with Crippen LogP contribution in [0.5, 0.6) is 5.19 Å². The molecule has 80 valence electrons. The molecule has 0 atom stereocenters. The number of halogens is 2. The summed E-state index contributed by atoms with van der Waals surface area (Å²) in [7, 11) is 0. The van der Waals surface area contributed by atoms with E-state index in [1.807, 2.05) is 0 Å². The number of nitrogens with two attached hydrogens (primary N) is 1. The number of ether oxygens (including phenoxy) is 1. The van der Waals surface area contributed by atoms with Crippen molar-refractivity contribution in [1.29, 1.82) is 0 Å². The molecule has 1 aromatic heterocycles. The summed E-state index contributed by atoms with van der Waals surface area (Å²) in [5.74, 6) is 0. The highest BCUT2D eigenvalue weighted by atomic mass is 32.1. The molecule has 2 aromatic rings. The first kappa shape index (κ1) is 10.1. The summed E-state index contributed by atoms with van der Waals surface area (Å²) in [5.41, 5.74) is 6.90. The number of fused-ring (bicyclic) bond motifs is 1. The summed E-state index contributed by atoms with van der Waals surface area (Å²) in [5, 5.41) is 0.246. The third kappa shape index (κ3) is 2.33. The molecule has 3 nitrogen and oxygen atoms in total. The van der Waals surface area contributed by atoms with E-state index in [9.17, 15) is 8.78 Å². The molecule has 1 heterocycles. The molecule has 2 rings (SSSR count). The zero-order valence-corrected chi connectivity index (χ0v) is 8.43. The first-order chi connectivity index (χ1) is 7.15. The number of anilines is 1. The van der Waals surface area contributed by atoms with Crippen molar-refractivity contribution in [3.63, 3.8) is 0 Å². The molecule has 15 heavy (non-hydrogen) atoms. The average Bonchev–Trinajstić information content (AvgIpc) is 2.56. The van der Waals surface area contributed by atoms with E-state index in [-0.39, 0.29) is 5.19 Å². The third-order valence-electron chi connectivity index (χ3n) is 1.73. The molecule has 0 amide bonds. The minimum Gasteiger partial charge on any atom is -0.464 e. The maximum Gasteiger partial charge on any atom is 0.274 e. The Morgan fingerprint density at radius 2 is 2.27 bits per heavy atom. The van der Waals surface area contributed by atoms with Crippen LogP contribution in [0.3, 0.4) is 0 Å². The molecule has 0 spiro atoms. The number of rotatable bonds is 3. The fraction of sp³-hybridized carbons (Fsp3) is 0.222. The average molecular weight is 230 g/mol. The van der Waals surface area contributed by atoms with Crippen LogP contribution in [0.15, 0.2) is 18.2 Å². The van der Waals surface area contributed by atoms with E-state index < -0.39 is 13.0 Å². The summed E-state index contributed by atoms with van der Waals surface area (Å²) in [6.07, 6.45) is -2.48. The highest BCUT2D eigenvalue weighted by Gasteiger charge is 2.08. The fourth-order valence-corrected chi connectivity index (χ4v) is 1.99. The van der Waals surface area contributed by atoms with E-state index in [4.69, 9.17) is 10.5 Å². The number of aromatic nitrogens is 1. The van der Waals surface area contributed by atoms with Crippen molar-refractivity contribution >= 4 is 27.2 Å². The molecule has 1 aromatic carbocycles. The zero-order valence-electron chi connectivity index (χ0n) is 7.61. The van der Waals surface area contributed by atoms with Crippen molar-refractivity contribution in [2.45, 2.75) is 6.43 Å². The van der Waals surface area contributed by atoms with Crippen molar-refractivity contribution < 1.29 is 13.5 Å². The van der Waals surface area contributed by atoms with Gasteiger partial charge in [-0.1, -0.05) is 11.3 Å². The van der Waals surface area contributed by atoms with Gasteiger partial charge in [0.25, 0.3) is 11.6 Å². The van der Waals surface area contributed by atoms with Crippen molar-refractivity contribution in [1.82, 2.24) is 4.98 Å². The Bertz CT molecular complexity index is 472. The zero-order chi connectivity index (χ0) is 10.8. The second kappa shape index (κ2) is 3.98. The molecule has 6 heteroatoms. The lowest BCUT2D eigenvalue weighted by molar-refractivity contribution is 0.0818. The Kier molecular flexibility index (Phi) is 2.68. The molecule has 0 saturated carbocycles. The quantitative estimate of drug-likeness (QED) is 0.824. The third-order valence-corrected chi connectivity index (χ3v) is 2.66. The molecule has 2 N–H and O–H groups in total. The summed E-state index contributed by atoms with van der Waals surface area (Å²) in [4.78, 5) is 4.03. The molecule has 0 saturated heterocycles. The van der Waals surface area contributed by atoms with Crippen LogP contribution in [0.1, 0.15) is 0 Å². The molecule has 0 radical (unpaired) electrons. The highest BCUT2D eigenvalue weighted by molar-refractivity contribution is 7.20. The maximum absolute atomic E-state index is 11.9. The molecule has 0 fully saturated rings. The Labute approximate surface area is 88.5 Å². The van der Waals surface area contributed by atoms with Crippen LogP contribution in [0.25, 0.3) is 10.2 Å². The Morgan fingerprint density at radius 3 is 3.00 bits per heavy atom. The number of nitrogens with zero attached hydrogens (tertiary/aromatic N) is 1. The van der Waals surface area contributed by atoms with E-state index in [0.29, 0.717) is 11.2 Å². The second-order valence-electron chi connectivity index (χ2n) is 2.91. The first-order valence-electron chi connectivity index (χ1n) is 4.22. The first-order valence-corrected chi connectivity index (χ1v) is 5.04. The number of thiazole rings is 1. The topological polar surface area (TPSA) is 48.1 Å². The van der Waals surface area contributed by atoms with Crippen LogP contribution in [-0.4, -0.2) is 18.0 Å². The summed E-state index contributed by atoms with van der Waals surface area (Å²) in [6.45, 7) is -0.630. The normalized spacial score (nSPS) is 11.1. The minimum atomic E-state index is -2.48. The maximum atomic E-state index is 11.9. The van der Waals surface area contributed by atoms with Crippen molar-refractivity contribution in [2.24, 2.45) is 0 Å². The smallest absolute Gasteiger partial charge is 0.274 e. The second-order valence-corrected chi connectivity index (χ2v) is 3.90. The lowest BCUT2D eigenvalue weighted by atomic mass is 10.3. The number of alkyl halides is 2. The van der Waals surface area contributed by atoms with E-state index in [2.05, 4.69) is 4.98 Å². The fourth-order valence-electron chi connectivity index (χ4n) is 1.12. The van der Waals surface area contributed by atoms with Crippen LogP contribution < -0.4 is 10.5 Å². The molecule has 0 bridgehead atoms. The standard InChI is InChI=1S/C9H8F2N2OS/c10-8(11)4-14-9-13-6-2-1-5(12)3-7(6)15-9/h1-3,8H,4,12H2. The van der Waals surface area contributed by atoms with Gasteiger partial charge in [0.05, 0.1) is 10.2 Å². The molecule has 0 aliphatic rings. The SMILES string of the molecule is Nc1ccc2nc(OCC(F)F)sc2c1. The predicted molar refractivity (Wildman–Crippen MR) is 55.5 cm³/mol. The summed E-state index contributed by atoms with van der Waals surface area (Å²) in [6, 6.07) is 5.18. The van der Waals surface area contributed by atoms with Crippen LogP contribution >= 0.6 is 11.3 Å². The van der Waals surface area contributed by atoms with E-state index in [0.717, 1.165) is 4.70 Å². The minimum absolute atomic E-state index is 0.246. The van der Waals surface area contributed by atoms with Gasteiger partial charge in [-0.15, -0.1) is 0 Å². The van der Waals surface area contributed by atoms with Gasteiger partial charge in [-0.2, -0.15) is 0 Å². The Morgan fingerprint density at radius 1 is 1.47 bits per heavy atom. The van der Waals surface area contributed by atoms with Gasteiger partial charge in [0, 0.05) is 5.69 Å². The van der Waals surface area contributed by atoms with Gasteiger partial charge in [-0.05, 0) is 18.2 Å². The van der Waals surface area contributed by atoms with Gasteiger partial charge >= 0.3 is 0 Å². The van der Waals surface area contributed by atoms with E-state index in [1.165, 1.54) is 11.3 Å². The van der Waals surface area contributed by atoms with Crippen LogP contribution in [0.2, 0.25) is 0 Å². The largest absolute Gasteiger partial charge is 0.464 e. The number of benzene rings is 1. The van der Waals surface area contributed by atoms with E-state index in [1.54, 1.807) is 18.2 Å².